The lowest BCUT2D eigenvalue weighted by molar-refractivity contribution is -0.124. The molecule has 0 spiro atoms. The zero-order valence-electron chi connectivity index (χ0n) is 12.1. The van der Waals surface area contributed by atoms with Crippen molar-refractivity contribution >= 4 is 23.6 Å². The second kappa shape index (κ2) is 6.79. The SMILES string of the molecule is CNC(=O)N1CCC[C@H]1C(=O)NNc1ccccc1C(=O)O. The van der Waals surface area contributed by atoms with Gasteiger partial charge in [-0.2, -0.15) is 0 Å². The third kappa shape index (κ3) is 3.27. The molecule has 4 N–H and O–H groups in total. The topological polar surface area (TPSA) is 111 Å². The Labute approximate surface area is 127 Å². The van der Waals surface area contributed by atoms with Gasteiger partial charge in [0.15, 0.2) is 0 Å². The molecule has 0 aromatic heterocycles. The normalized spacial score (nSPS) is 17.0. The van der Waals surface area contributed by atoms with Gasteiger partial charge in [0, 0.05) is 13.6 Å². The van der Waals surface area contributed by atoms with E-state index < -0.39 is 12.0 Å². The summed E-state index contributed by atoms with van der Waals surface area (Å²) in [7, 11) is 1.51. The number of hydrazine groups is 1. The largest absolute Gasteiger partial charge is 0.478 e. The average Bonchev–Trinajstić information content (AvgIpc) is 3.01. The maximum atomic E-state index is 12.2. The third-order valence-corrected chi connectivity index (χ3v) is 3.51. The molecule has 0 saturated carbocycles. The Kier molecular flexibility index (Phi) is 4.82. The third-order valence-electron chi connectivity index (χ3n) is 3.51. The molecule has 22 heavy (non-hydrogen) atoms. The Morgan fingerprint density at radius 2 is 2.00 bits per heavy atom. The number of aromatic carboxylic acids is 1. The molecule has 0 radical (unpaired) electrons. The molecule has 8 nitrogen and oxygen atoms in total. The van der Waals surface area contributed by atoms with Crippen molar-refractivity contribution in [2.24, 2.45) is 0 Å². The van der Waals surface area contributed by atoms with Crippen LogP contribution in [0, 0.1) is 0 Å². The van der Waals surface area contributed by atoms with Crippen molar-refractivity contribution in [3.63, 3.8) is 0 Å². The number of carbonyl (C=O) groups is 3. The Hall–Kier alpha value is -2.77. The van der Waals surface area contributed by atoms with Crippen molar-refractivity contribution < 1.29 is 19.5 Å². The summed E-state index contributed by atoms with van der Waals surface area (Å²) in [4.78, 5) is 36.4. The van der Waals surface area contributed by atoms with Crippen LogP contribution in [0.15, 0.2) is 24.3 Å². The molecule has 3 amide bonds. The van der Waals surface area contributed by atoms with Crippen LogP contribution in [0.2, 0.25) is 0 Å². The molecule has 1 aromatic rings. The molecule has 0 bridgehead atoms. The number of carbonyl (C=O) groups excluding carboxylic acids is 2. The molecule has 1 heterocycles. The summed E-state index contributed by atoms with van der Waals surface area (Å²) in [5.74, 6) is -1.47. The van der Waals surface area contributed by atoms with E-state index in [-0.39, 0.29) is 23.2 Å². The molecule has 1 aromatic carbocycles. The van der Waals surface area contributed by atoms with E-state index in [1.807, 2.05) is 0 Å². The quantitative estimate of drug-likeness (QED) is 0.610. The van der Waals surface area contributed by atoms with Gasteiger partial charge in [-0.05, 0) is 25.0 Å². The lowest BCUT2D eigenvalue weighted by Crippen LogP contribution is -2.50. The molecule has 8 heteroatoms. The first-order chi connectivity index (χ1) is 10.5. The number of amides is 3. The van der Waals surface area contributed by atoms with Crippen molar-refractivity contribution in [1.29, 1.82) is 0 Å². The highest BCUT2D eigenvalue weighted by atomic mass is 16.4. The minimum atomic E-state index is -1.09. The van der Waals surface area contributed by atoms with Crippen molar-refractivity contribution in [2.45, 2.75) is 18.9 Å². The first kappa shape index (κ1) is 15.6. The number of hydrogen-bond acceptors (Lipinski definition) is 4. The fourth-order valence-electron chi connectivity index (χ4n) is 2.42. The standard InChI is InChI=1S/C14H18N4O4/c1-15-14(22)18-8-4-7-11(18)12(19)17-16-10-6-3-2-5-9(10)13(20)21/h2-3,5-6,11,16H,4,7-8H2,1H3,(H,15,22)(H,17,19)(H,20,21)/t11-/m0/s1. The molecule has 1 aliphatic heterocycles. The summed E-state index contributed by atoms with van der Waals surface area (Å²) < 4.78 is 0. The molecule has 2 rings (SSSR count). The predicted molar refractivity (Wildman–Crippen MR) is 79.4 cm³/mol. The Morgan fingerprint density at radius 3 is 2.68 bits per heavy atom. The maximum Gasteiger partial charge on any atom is 0.337 e. The first-order valence-electron chi connectivity index (χ1n) is 6.91. The molecule has 1 atom stereocenters. The number of carboxylic acid groups (broad SMARTS) is 1. The van der Waals surface area contributed by atoms with E-state index in [1.165, 1.54) is 18.0 Å². The molecule has 0 aliphatic carbocycles. The number of nitrogens with one attached hydrogen (secondary N) is 3. The number of para-hydroxylation sites is 1. The van der Waals surface area contributed by atoms with E-state index in [2.05, 4.69) is 16.2 Å². The number of urea groups is 1. The zero-order chi connectivity index (χ0) is 16.1. The van der Waals surface area contributed by atoms with E-state index in [9.17, 15) is 14.4 Å². The van der Waals surface area contributed by atoms with Crippen molar-refractivity contribution in [2.75, 3.05) is 19.0 Å². The second-order valence-electron chi connectivity index (χ2n) is 4.87. The minimum Gasteiger partial charge on any atom is -0.478 e. The highest BCUT2D eigenvalue weighted by molar-refractivity contribution is 5.95. The maximum absolute atomic E-state index is 12.2. The number of rotatable bonds is 4. The predicted octanol–water partition coefficient (Wildman–Crippen LogP) is 0.632. The molecule has 1 saturated heterocycles. The van der Waals surface area contributed by atoms with Crippen LogP contribution in [-0.2, 0) is 4.79 Å². The van der Waals surface area contributed by atoms with Crippen LogP contribution in [-0.4, -0.2) is 47.5 Å². The monoisotopic (exact) mass is 306 g/mol. The number of carboxylic acids is 1. The highest BCUT2D eigenvalue weighted by Crippen LogP contribution is 2.18. The van der Waals surface area contributed by atoms with Crippen LogP contribution in [0.3, 0.4) is 0 Å². The average molecular weight is 306 g/mol. The number of hydrogen-bond donors (Lipinski definition) is 4. The van der Waals surface area contributed by atoms with E-state index in [1.54, 1.807) is 18.2 Å². The summed E-state index contributed by atoms with van der Waals surface area (Å²) in [6, 6.07) is 5.37. The van der Waals surface area contributed by atoms with Gasteiger partial charge >= 0.3 is 12.0 Å². The zero-order valence-corrected chi connectivity index (χ0v) is 12.1. The van der Waals surface area contributed by atoms with Gasteiger partial charge in [-0.1, -0.05) is 12.1 Å². The van der Waals surface area contributed by atoms with Gasteiger partial charge in [-0.25, -0.2) is 9.59 Å². The van der Waals surface area contributed by atoms with Gasteiger partial charge in [0.2, 0.25) is 0 Å². The summed E-state index contributed by atoms with van der Waals surface area (Å²) in [6.07, 6.45) is 1.32. The van der Waals surface area contributed by atoms with Gasteiger partial charge in [0.25, 0.3) is 5.91 Å². The molecule has 1 aliphatic rings. The minimum absolute atomic E-state index is 0.0531. The fraction of sp³-hybridized carbons (Fsp3) is 0.357. The summed E-state index contributed by atoms with van der Waals surface area (Å²) >= 11 is 0. The Balaban J connectivity index is 2.01. The van der Waals surface area contributed by atoms with Crippen molar-refractivity contribution in [1.82, 2.24) is 15.6 Å². The van der Waals surface area contributed by atoms with Crippen LogP contribution in [0.4, 0.5) is 10.5 Å². The first-order valence-corrected chi connectivity index (χ1v) is 6.91. The number of anilines is 1. The van der Waals surface area contributed by atoms with Crippen molar-refractivity contribution in [3.8, 4) is 0 Å². The fourth-order valence-corrected chi connectivity index (χ4v) is 2.42. The molecule has 1 fully saturated rings. The van der Waals surface area contributed by atoms with E-state index >= 15 is 0 Å². The van der Waals surface area contributed by atoms with Gasteiger partial charge in [-0.15, -0.1) is 0 Å². The van der Waals surface area contributed by atoms with Gasteiger partial charge in [0.05, 0.1) is 11.3 Å². The summed E-state index contributed by atoms with van der Waals surface area (Å²) in [5.41, 5.74) is 5.42. The van der Waals surface area contributed by atoms with Gasteiger partial charge in [0.1, 0.15) is 6.04 Å². The molecule has 118 valence electrons. The van der Waals surface area contributed by atoms with Gasteiger partial charge in [-0.3, -0.25) is 15.6 Å². The number of nitrogens with zero attached hydrogens (tertiary/aromatic N) is 1. The highest BCUT2D eigenvalue weighted by Gasteiger charge is 2.33. The lowest BCUT2D eigenvalue weighted by atomic mass is 10.2. The van der Waals surface area contributed by atoms with E-state index in [0.717, 1.165) is 6.42 Å². The molecule has 0 unspecified atom stereocenters. The van der Waals surface area contributed by atoms with Crippen LogP contribution >= 0.6 is 0 Å². The molecular weight excluding hydrogens is 288 g/mol. The second-order valence-corrected chi connectivity index (χ2v) is 4.87. The number of benzene rings is 1. The van der Waals surface area contributed by atoms with Gasteiger partial charge < -0.3 is 15.3 Å². The summed E-state index contributed by atoms with van der Waals surface area (Å²) in [6.45, 7) is 0.517. The van der Waals surface area contributed by atoms with Crippen LogP contribution in [0.1, 0.15) is 23.2 Å². The Morgan fingerprint density at radius 1 is 1.27 bits per heavy atom. The van der Waals surface area contributed by atoms with Crippen molar-refractivity contribution in [3.05, 3.63) is 29.8 Å². The smallest absolute Gasteiger partial charge is 0.337 e. The van der Waals surface area contributed by atoms with Crippen LogP contribution in [0.5, 0.6) is 0 Å². The van der Waals surface area contributed by atoms with E-state index in [4.69, 9.17) is 5.11 Å². The van der Waals surface area contributed by atoms with Crippen LogP contribution < -0.4 is 16.2 Å². The van der Waals surface area contributed by atoms with E-state index in [0.29, 0.717) is 13.0 Å². The Bertz CT molecular complexity index is 590. The van der Waals surface area contributed by atoms with Crippen LogP contribution in [0.25, 0.3) is 0 Å². The molecular formula is C14H18N4O4. The lowest BCUT2D eigenvalue weighted by Gasteiger charge is -2.23. The summed E-state index contributed by atoms with van der Waals surface area (Å²) in [5, 5.41) is 11.6. The number of likely N-dealkylation sites (tertiary alicyclic amines) is 1.